The third-order valence-corrected chi connectivity index (χ3v) is 3.04. The van der Waals surface area contributed by atoms with Crippen molar-refractivity contribution in [1.29, 1.82) is 0 Å². The maximum absolute atomic E-state index is 11.9. The Kier molecular flexibility index (Phi) is 4.38. The Morgan fingerprint density at radius 2 is 1.80 bits per heavy atom. The first-order valence-electron chi connectivity index (χ1n) is 6.03. The number of benzene rings is 2. The Balaban J connectivity index is 2.11. The van der Waals surface area contributed by atoms with Gasteiger partial charge in [0.25, 0.3) is 5.91 Å². The molecule has 0 heterocycles. The lowest BCUT2D eigenvalue weighted by Crippen LogP contribution is -2.20. The Hall–Kier alpha value is -2.33. The van der Waals surface area contributed by atoms with Crippen LogP contribution < -0.4 is 11.2 Å². The summed E-state index contributed by atoms with van der Waals surface area (Å²) >= 11 is 5.82. The second-order valence-electron chi connectivity index (χ2n) is 4.23. The summed E-state index contributed by atoms with van der Waals surface area (Å²) in [6.45, 7) is 1.80. The highest BCUT2D eigenvalue weighted by Crippen LogP contribution is 2.11. The quantitative estimate of drug-likeness (QED) is 0.517. The number of nitrogens with two attached hydrogens (primary N) is 1. The van der Waals surface area contributed by atoms with E-state index in [2.05, 4.69) is 10.5 Å². The predicted octanol–water partition coefficient (Wildman–Crippen LogP) is 3.08. The van der Waals surface area contributed by atoms with E-state index in [9.17, 15) is 4.79 Å². The average Bonchev–Trinajstić information content (AvgIpc) is 2.45. The summed E-state index contributed by atoms with van der Waals surface area (Å²) < 4.78 is 0. The van der Waals surface area contributed by atoms with Gasteiger partial charge in [-0.05, 0) is 36.8 Å². The first-order valence-corrected chi connectivity index (χ1v) is 6.41. The van der Waals surface area contributed by atoms with E-state index in [4.69, 9.17) is 17.3 Å². The fourth-order valence-corrected chi connectivity index (χ4v) is 1.78. The fraction of sp³-hybridized carbons (Fsp3) is 0.0667. The predicted molar refractivity (Wildman–Crippen MR) is 82.0 cm³/mol. The Morgan fingerprint density at radius 1 is 1.15 bits per heavy atom. The van der Waals surface area contributed by atoms with Gasteiger partial charge < -0.3 is 5.73 Å². The molecule has 0 fully saturated rings. The van der Waals surface area contributed by atoms with E-state index in [-0.39, 0.29) is 5.91 Å². The SMILES string of the molecule is C/C(=N/NC(=O)c1ccccc1N)c1ccc(Cl)cc1. The maximum Gasteiger partial charge on any atom is 0.273 e. The van der Waals surface area contributed by atoms with Gasteiger partial charge in [0.2, 0.25) is 0 Å². The smallest absolute Gasteiger partial charge is 0.273 e. The molecule has 2 aromatic rings. The third kappa shape index (κ3) is 3.36. The van der Waals surface area contributed by atoms with Gasteiger partial charge in [0.05, 0.1) is 11.3 Å². The van der Waals surface area contributed by atoms with Crippen molar-refractivity contribution in [2.75, 3.05) is 5.73 Å². The number of amides is 1. The molecule has 0 atom stereocenters. The summed E-state index contributed by atoms with van der Waals surface area (Å²) in [5.74, 6) is -0.337. The van der Waals surface area contributed by atoms with Crippen molar-refractivity contribution in [3.05, 3.63) is 64.7 Å². The Morgan fingerprint density at radius 3 is 2.45 bits per heavy atom. The minimum absolute atomic E-state index is 0.337. The van der Waals surface area contributed by atoms with Gasteiger partial charge in [0.1, 0.15) is 0 Å². The minimum Gasteiger partial charge on any atom is -0.398 e. The van der Waals surface area contributed by atoms with Crippen molar-refractivity contribution in [2.45, 2.75) is 6.92 Å². The molecule has 0 aromatic heterocycles. The van der Waals surface area contributed by atoms with Crippen LogP contribution in [0.25, 0.3) is 0 Å². The number of halogens is 1. The normalized spacial score (nSPS) is 11.2. The molecule has 0 bridgehead atoms. The van der Waals surface area contributed by atoms with Gasteiger partial charge in [0, 0.05) is 10.7 Å². The first-order chi connectivity index (χ1) is 9.58. The molecule has 0 aliphatic heterocycles. The van der Waals surface area contributed by atoms with E-state index >= 15 is 0 Å². The number of nitrogens with zero attached hydrogens (tertiary/aromatic N) is 1. The molecule has 5 heteroatoms. The molecule has 0 spiro atoms. The number of anilines is 1. The fourth-order valence-electron chi connectivity index (χ4n) is 1.65. The van der Waals surface area contributed by atoms with Crippen molar-refractivity contribution >= 4 is 28.9 Å². The summed E-state index contributed by atoms with van der Waals surface area (Å²) in [4.78, 5) is 11.9. The van der Waals surface area contributed by atoms with E-state index in [0.29, 0.717) is 22.0 Å². The van der Waals surface area contributed by atoms with E-state index in [1.807, 2.05) is 12.1 Å². The zero-order chi connectivity index (χ0) is 14.5. The molecule has 1 amide bonds. The average molecular weight is 288 g/mol. The molecular formula is C15H14ClN3O. The first kappa shape index (κ1) is 14.1. The number of para-hydroxylation sites is 1. The summed E-state index contributed by atoms with van der Waals surface area (Å²) in [6, 6.07) is 14.1. The summed E-state index contributed by atoms with van der Waals surface area (Å²) in [5, 5.41) is 4.72. The van der Waals surface area contributed by atoms with Crippen LogP contribution in [0.2, 0.25) is 5.02 Å². The van der Waals surface area contributed by atoms with Crippen LogP contribution >= 0.6 is 11.6 Å². The number of carbonyl (C=O) groups excluding carboxylic acids is 1. The monoisotopic (exact) mass is 287 g/mol. The van der Waals surface area contributed by atoms with Crippen LogP contribution in [0.1, 0.15) is 22.8 Å². The molecule has 102 valence electrons. The number of hydrazone groups is 1. The number of carbonyl (C=O) groups is 1. The van der Waals surface area contributed by atoms with Crippen LogP contribution in [0, 0.1) is 0 Å². The Bertz CT molecular complexity index is 650. The lowest BCUT2D eigenvalue weighted by atomic mass is 10.1. The zero-order valence-electron chi connectivity index (χ0n) is 10.9. The van der Waals surface area contributed by atoms with Gasteiger partial charge in [-0.25, -0.2) is 5.43 Å². The molecule has 0 saturated heterocycles. The van der Waals surface area contributed by atoms with Crippen molar-refractivity contribution in [3.8, 4) is 0 Å². The lowest BCUT2D eigenvalue weighted by Gasteiger charge is -2.05. The van der Waals surface area contributed by atoms with E-state index in [1.165, 1.54) is 0 Å². The van der Waals surface area contributed by atoms with Crippen LogP contribution in [0.5, 0.6) is 0 Å². The van der Waals surface area contributed by atoms with Gasteiger partial charge in [-0.3, -0.25) is 4.79 Å². The summed E-state index contributed by atoms with van der Waals surface area (Å²) in [7, 11) is 0. The van der Waals surface area contributed by atoms with Gasteiger partial charge in [-0.1, -0.05) is 35.9 Å². The second kappa shape index (κ2) is 6.21. The zero-order valence-corrected chi connectivity index (χ0v) is 11.7. The molecule has 0 aliphatic carbocycles. The lowest BCUT2D eigenvalue weighted by molar-refractivity contribution is 0.0955. The minimum atomic E-state index is -0.337. The number of nitrogen functional groups attached to an aromatic ring is 1. The molecule has 0 radical (unpaired) electrons. The molecule has 0 aliphatic rings. The van der Waals surface area contributed by atoms with Gasteiger partial charge in [-0.15, -0.1) is 0 Å². The third-order valence-electron chi connectivity index (χ3n) is 2.79. The topological polar surface area (TPSA) is 67.5 Å². The Labute approximate surface area is 122 Å². The largest absolute Gasteiger partial charge is 0.398 e. The molecule has 4 nitrogen and oxygen atoms in total. The molecule has 3 N–H and O–H groups in total. The second-order valence-corrected chi connectivity index (χ2v) is 4.67. The van der Waals surface area contributed by atoms with Gasteiger partial charge in [-0.2, -0.15) is 5.10 Å². The molecular weight excluding hydrogens is 274 g/mol. The van der Waals surface area contributed by atoms with Crippen LogP contribution in [0.3, 0.4) is 0 Å². The number of nitrogens with one attached hydrogen (secondary N) is 1. The van der Waals surface area contributed by atoms with Crippen molar-refractivity contribution in [1.82, 2.24) is 5.43 Å². The number of hydrogen-bond donors (Lipinski definition) is 2. The number of rotatable bonds is 3. The van der Waals surface area contributed by atoms with Crippen LogP contribution in [-0.4, -0.2) is 11.6 Å². The van der Waals surface area contributed by atoms with Crippen molar-refractivity contribution in [3.63, 3.8) is 0 Å². The highest BCUT2D eigenvalue weighted by Gasteiger charge is 2.07. The highest BCUT2D eigenvalue weighted by molar-refractivity contribution is 6.30. The molecule has 0 saturated carbocycles. The van der Waals surface area contributed by atoms with E-state index in [1.54, 1.807) is 43.3 Å². The standard InChI is InChI=1S/C15H14ClN3O/c1-10(11-6-8-12(16)9-7-11)18-19-15(20)13-4-2-3-5-14(13)17/h2-9H,17H2,1H3,(H,19,20)/b18-10-. The number of hydrogen-bond acceptors (Lipinski definition) is 3. The van der Waals surface area contributed by atoms with Gasteiger partial charge in [0.15, 0.2) is 0 Å². The molecule has 2 aromatic carbocycles. The van der Waals surface area contributed by atoms with Crippen molar-refractivity contribution in [2.24, 2.45) is 5.10 Å². The van der Waals surface area contributed by atoms with Crippen LogP contribution in [0.4, 0.5) is 5.69 Å². The van der Waals surface area contributed by atoms with E-state index < -0.39 is 0 Å². The highest BCUT2D eigenvalue weighted by atomic mass is 35.5. The van der Waals surface area contributed by atoms with Crippen LogP contribution in [-0.2, 0) is 0 Å². The molecule has 20 heavy (non-hydrogen) atoms. The summed E-state index contributed by atoms with van der Waals surface area (Å²) in [5.41, 5.74) is 10.6. The van der Waals surface area contributed by atoms with Crippen molar-refractivity contribution < 1.29 is 4.79 Å². The van der Waals surface area contributed by atoms with Crippen LogP contribution in [0.15, 0.2) is 53.6 Å². The molecule has 2 rings (SSSR count). The summed E-state index contributed by atoms with van der Waals surface area (Å²) in [6.07, 6.45) is 0. The maximum atomic E-state index is 11.9. The van der Waals surface area contributed by atoms with E-state index in [0.717, 1.165) is 5.56 Å². The van der Waals surface area contributed by atoms with Gasteiger partial charge >= 0.3 is 0 Å². The molecule has 0 unspecified atom stereocenters.